The normalized spacial score (nSPS) is 9.53. The molecule has 0 unspecified atom stereocenters. The van der Waals surface area contributed by atoms with E-state index < -0.39 is 0 Å². The Morgan fingerprint density at radius 2 is 2.07 bits per heavy atom. The number of halogens is 2. The van der Waals surface area contributed by atoms with Crippen LogP contribution in [0.2, 0.25) is 0 Å². The summed E-state index contributed by atoms with van der Waals surface area (Å²) in [6.45, 7) is 2.40. The Labute approximate surface area is 105 Å². The molecule has 1 rings (SSSR count). The molecule has 0 radical (unpaired) electrons. The average Bonchev–Trinajstić information content (AvgIpc) is 2.24. The van der Waals surface area contributed by atoms with E-state index in [9.17, 15) is 0 Å². The minimum absolute atomic E-state index is 0.506. The van der Waals surface area contributed by atoms with Crippen LogP contribution in [0, 0.1) is 11.3 Å². The molecule has 0 atom stereocenters. The van der Waals surface area contributed by atoms with Gasteiger partial charge in [-0.2, -0.15) is 5.26 Å². The van der Waals surface area contributed by atoms with Crippen molar-refractivity contribution in [3.05, 3.63) is 20.6 Å². The van der Waals surface area contributed by atoms with Gasteiger partial charge in [0.25, 0.3) is 0 Å². The summed E-state index contributed by atoms with van der Waals surface area (Å²) in [6.07, 6.45) is 0. The zero-order chi connectivity index (χ0) is 11.4. The number of hydrogen-bond acceptors (Lipinski definition) is 3. The van der Waals surface area contributed by atoms with Crippen LogP contribution in [0.1, 0.15) is 12.5 Å². The monoisotopic (exact) mass is 333 g/mol. The molecule has 1 aromatic rings. The van der Waals surface area contributed by atoms with Gasteiger partial charge in [-0.05, 0) is 38.8 Å². The molecular weight excluding hydrogens is 326 g/mol. The van der Waals surface area contributed by atoms with Crippen molar-refractivity contribution < 1.29 is 9.47 Å². The summed E-state index contributed by atoms with van der Waals surface area (Å²) in [4.78, 5) is 0. The Kier molecular flexibility index (Phi) is 4.43. The van der Waals surface area contributed by atoms with Gasteiger partial charge in [-0.15, -0.1) is 0 Å². The molecule has 0 N–H and O–H groups in total. The van der Waals surface area contributed by atoms with Crippen LogP contribution in [0.4, 0.5) is 0 Å². The van der Waals surface area contributed by atoms with E-state index in [0.29, 0.717) is 32.6 Å². The molecule has 0 aliphatic rings. The standard InChI is InChI=1S/C10H9Br2NO2/c1-3-15-7-4-6(5-13)8(11)9(12)10(7)14-2/h4H,3H2,1-2H3. The molecule has 15 heavy (non-hydrogen) atoms. The van der Waals surface area contributed by atoms with Gasteiger partial charge in [0, 0.05) is 6.07 Å². The van der Waals surface area contributed by atoms with E-state index in [2.05, 4.69) is 37.9 Å². The van der Waals surface area contributed by atoms with Gasteiger partial charge in [-0.1, -0.05) is 0 Å². The van der Waals surface area contributed by atoms with Crippen LogP contribution in [0.15, 0.2) is 15.0 Å². The average molecular weight is 335 g/mol. The van der Waals surface area contributed by atoms with Crippen molar-refractivity contribution >= 4 is 31.9 Å². The zero-order valence-corrected chi connectivity index (χ0v) is 11.5. The van der Waals surface area contributed by atoms with Crippen LogP contribution >= 0.6 is 31.9 Å². The third kappa shape index (κ3) is 2.44. The Balaban J connectivity index is 3.39. The van der Waals surface area contributed by atoms with Crippen molar-refractivity contribution in [1.29, 1.82) is 5.26 Å². The van der Waals surface area contributed by atoms with Gasteiger partial charge in [0.2, 0.25) is 0 Å². The Morgan fingerprint density at radius 1 is 1.40 bits per heavy atom. The second-order valence-corrected chi connectivity index (χ2v) is 4.21. The van der Waals surface area contributed by atoms with Crippen molar-refractivity contribution in [2.24, 2.45) is 0 Å². The lowest BCUT2D eigenvalue weighted by Crippen LogP contribution is -1.97. The quantitative estimate of drug-likeness (QED) is 0.849. The van der Waals surface area contributed by atoms with Gasteiger partial charge in [-0.25, -0.2) is 0 Å². The molecule has 0 fully saturated rings. The van der Waals surface area contributed by atoms with E-state index in [4.69, 9.17) is 14.7 Å². The van der Waals surface area contributed by atoms with Crippen LogP contribution in [0.5, 0.6) is 11.5 Å². The van der Waals surface area contributed by atoms with Crippen molar-refractivity contribution in [3.63, 3.8) is 0 Å². The zero-order valence-electron chi connectivity index (χ0n) is 8.30. The van der Waals surface area contributed by atoms with Gasteiger partial charge < -0.3 is 9.47 Å². The summed E-state index contributed by atoms with van der Waals surface area (Å²) in [5.74, 6) is 1.15. The summed E-state index contributed by atoms with van der Waals surface area (Å²) in [5.41, 5.74) is 0.506. The molecule has 1 aromatic carbocycles. The molecule has 3 nitrogen and oxygen atoms in total. The summed E-state index contributed by atoms with van der Waals surface area (Å²) >= 11 is 6.66. The van der Waals surface area contributed by atoms with Gasteiger partial charge in [0.1, 0.15) is 6.07 Å². The minimum Gasteiger partial charge on any atom is -0.492 e. The molecule has 0 spiro atoms. The van der Waals surface area contributed by atoms with Crippen LogP contribution in [-0.2, 0) is 0 Å². The van der Waals surface area contributed by atoms with Gasteiger partial charge >= 0.3 is 0 Å². The van der Waals surface area contributed by atoms with Crippen LogP contribution in [0.3, 0.4) is 0 Å². The molecule has 0 bridgehead atoms. The highest BCUT2D eigenvalue weighted by Gasteiger charge is 2.16. The van der Waals surface area contributed by atoms with E-state index in [1.54, 1.807) is 13.2 Å². The molecule has 0 saturated carbocycles. The third-order valence-electron chi connectivity index (χ3n) is 1.75. The summed E-state index contributed by atoms with van der Waals surface area (Å²) in [7, 11) is 1.56. The highest BCUT2D eigenvalue weighted by atomic mass is 79.9. The van der Waals surface area contributed by atoms with Gasteiger partial charge in [-0.3, -0.25) is 0 Å². The molecule has 0 aliphatic carbocycles. The van der Waals surface area contributed by atoms with Crippen molar-refractivity contribution in [2.75, 3.05) is 13.7 Å². The highest BCUT2D eigenvalue weighted by molar-refractivity contribution is 9.13. The van der Waals surface area contributed by atoms with E-state index in [0.717, 1.165) is 0 Å². The maximum Gasteiger partial charge on any atom is 0.176 e. The van der Waals surface area contributed by atoms with Crippen molar-refractivity contribution in [1.82, 2.24) is 0 Å². The number of benzene rings is 1. The van der Waals surface area contributed by atoms with Crippen molar-refractivity contribution in [3.8, 4) is 17.6 Å². The first-order valence-corrected chi connectivity index (χ1v) is 5.83. The highest BCUT2D eigenvalue weighted by Crippen LogP contribution is 2.42. The number of nitriles is 1. The Hall–Kier alpha value is -0.730. The largest absolute Gasteiger partial charge is 0.492 e. The second kappa shape index (κ2) is 5.38. The fraction of sp³-hybridized carbons (Fsp3) is 0.300. The summed E-state index contributed by atoms with van der Waals surface area (Å²) < 4.78 is 11.9. The number of hydrogen-bond donors (Lipinski definition) is 0. The first-order valence-electron chi connectivity index (χ1n) is 4.24. The summed E-state index contributed by atoms with van der Waals surface area (Å²) in [5, 5.41) is 8.90. The van der Waals surface area contributed by atoms with E-state index in [1.807, 2.05) is 6.92 Å². The second-order valence-electron chi connectivity index (χ2n) is 2.63. The maximum absolute atomic E-state index is 8.90. The number of nitrogens with zero attached hydrogens (tertiary/aromatic N) is 1. The molecule has 0 heterocycles. The number of ether oxygens (including phenoxy) is 2. The lowest BCUT2D eigenvalue weighted by molar-refractivity contribution is 0.309. The van der Waals surface area contributed by atoms with Crippen LogP contribution in [-0.4, -0.2) is 13.7 Å². The molecule has 0 aliphatic heterocycles. The predicted octanol–water partition coefficient (Wildman–Crippen LogP) is 3.49. The molecule has 0 saturated heterocycles. The molecule has 5 heteroatoms. The lowest BCUT2D eigenvalue weighted by atomic mass is 10.2. The van der Waals surface area contributed by atoms with Crippen LogP contribution < -0.4 is 9.47 Å². The van der Waals surface area contributed by atoms with E-state index in [1.165, 1.54) is 0 Å². The Bertz CT molecular complexity index is 413. The first kappa shape index (κ1) is 12.3. The molecular formula is C10H9Br2NO2. The number of rotatable bonds is 3. The summed E-state index contributed by atoms with van der Waals surface area (Å²) in [6, 6.07) is 3.72. The van der Waals surface area contributed by atoms with Crippen LogP contribution in [0.25, 0.3) is 0 Å². The fourth-order valence-electron chi connectivity index (χ4n) is 1.12. The van der Waals surface area contributed by atoms with E-state index >= 15 is 0 Å². The smallest absolute Gasteiger partial charge is 0.176 e. The molecule has 80 valence electrons. The Morgan fingerprint density at radius 3 is 2.53 bits per heavy atom. The minimum atomic E-state index is 0.506. The topological polar surface area (TPSA) is 42.2 Å². The maximum atomic E-state index is 8.90. The van der Waals surface area contributed by atoms with E-state index in [-0.39, 0.29) is 0 Å². The first-order chi connectivity index (χ1) is 7.15. The van der Waals surface area contributed by atoms with Crippen molar-refractivity contribution in [2.45, 2.75) is 6.92 Å². The fourth-order valence-corrected chi connectivity index (χ4v) is 2.07. The van der Waals surface area contributed by atoms with Gasteiger partial charge in [0.15, 0.2) is 11.5 Å². The molecule has 0 amide bonds. The number of methoxy groups -OCH3 is 1. The third-order valence-corrected chi connectivity index (χ3v) is 3.86. The van der Waals surface area contributed by atoms with Gasteiger partial charge in [0.05, 0.1) is 28.2 Å². The SMILES string of the molecule is CCOc1cc(C#N)c(Br)c(Br)c1OC. The lowest BCUT2D eigenvalue weighted by Gasteiger charge is -2.12. The predicted molar refractivity (Wildman–Crippen MR) is 64.3 cm³/mol. The molecule has 0 aromatic heterocycles.